The Bertz CT molecular complexity index is 1190. The van der Waals surface area contributed by atoms with Crippen molar-refractivity contribution in [1.82, 2.24) is 29.8 Å². The molecule has 1 aromatic carbocycles. The number of aryl methyl sites for hydroxylation is 1. The van der Waals surface area contributed by atoms with Crippen LogP contribution in [0.5, 0.6) is 0 Å². The molecule has 0 atom stereocenters. The van der Waals surface area contributed by atoms with Gasteiger partial charge in [0.1, 0.15) is 0 Å². The lowest BCUT2D eigenvalue weighted by atomic mass is 10.0. The van der Waals surface area contributed by atoms with E-state index in [0.717, 1.165) is 11.1 Å². The van der Waals surface area contributed by atoms with E-state index in [1.54, 1.807) is 42.5 Å². The van der Waals surface area contributed by atoms with Crippen LogP contribution in [0.1, 0.15) is 23.1 Å². The molecule has 0 unspecified atom stereocenters. The largest absolute Gasteiger partial charge is 0.338 e. The van der Waals surface area contributed by atoms with Crippen LogP contribution in [0.25, 0.3) is 22.2 Å². The van der Waals surface area contributed by atoms with Crippen LogP contribution in [0.2, 0.25) is 0 Å². The summed E-state index contributed by atoms with van der Waals surface area (Å²) in [6.45, 7) is 2.31. The molecule has 0 aliphatic rings. The number of nitrogens with one attached hydrogen (secondary N) is 3. The lowest BCUT2D eigenvalue weighted by Crippen LogP contribution is -2.28. The van der Waals surface area contributed by atoms with E-state index in [-0.39, 0.29) is 17.8 Å². The van der Waals surface area contributed by atoms with Crippen molar-refractivity contribution < 1.29 is 9.59 Å². The minimum atomic E-state index is -0.379. The molecular formula is C20H19N7O2. The molecule has 146 valence electrons. The van der Waals surface area contributed by atoms with Gasteiger partial charge in [-0.3, -0.25) is 15.1 Å². The molecule has 4 aromatic rings. The van der Waals surface area contributed by atoms with Gasteiger partial charge in [-0.2, -0.15) is 0 Å². The number of fused-ring (bicyclic) bond motifs is 1. The number of ketones is 1. The first-order chi connectivity index (χ1) is 14.1. The van der Waals surface area contributed by atoms with Gasteiger partial charge in [-0.05, 0) is 30.7 Å². The second-order valence-corrected chi connectivity index (χ2v) is 6.42. The third-order valence-electron chi connectivity index (χ3n) is 4.43. The minimum Gasteiger partial charge on any atom is -0.338 e. The fraction of sp³-hybridized carbons (Fsp3) is 0.150. The maximum Gasteiger partial charge on any atom is 0.321 e. The molecule has 0 radical (unpaired) electrons. The van der Waals surface area contributed by atoms with Gasteiger partial charge in [0.25, 0.3) is 0 Å². The average molecular weight is 389 g/mol. The van der Waals surface area contributed by atoms with Gasteiger partial charge < -0.3 is 14.9 Å². The highest BCUT2D eigenvalue weighted by molar-refractivity contribution is 6.15. The highest BCUT2D eigenvalue weighted by atomic mass is 16.2. The summed E-state index contributed by atoms with van der Waals surface area (Å²) in [5.41, 5.74) is 3.13. The molecular weight excluding hydrogens is 370 g/mol. The molecule has 0 saturated heterocycles. The molecule has 0 saturated carbocycles. The number of rotatable bonds is 5. The van der Waals surface area contributed by atoms with Crippen molar-refractivity contribution in [2.24, 2.45) is 7.05 Å². The van der Waals surface area contributed by atoms with Crippen LogP contribution in [0.3, 0.4) is 0 Å². The third kappa shape index (κ3) is 3.57. The fourth-order valence-corrected chi connectivity index (χ4v) is 3.07. The predicted molar refractivity (Wildman–Crippen MR) is 109 cm³/mol. The second-order valence-electron chi connectivity index (χ2n) is 6.42. The Morgan fingerprint density at radius 3 is 2.76 bits per heavy atom. The summed E-state index contributed by atoms with van der Waals surface area (Å²) in [5.74, 6) is 0.312. The van der Waals surface area contributed by atoms with Crippen molar-refractivity contribution in [2.45, 2.75) is 6.92 Å². The highest BCUT2D eigenvalue weighted by Gasteiger charge is 2.21. The average Bonchev–Trinajstić information content (AvgIpc) is 3.32. The number of hydrogen-bond donors (Lipinski definition) is 3. The van der Waals surface area contributed by atoms with Crippen molar-refractivity contribution in [2.75, 3.05) is 11.9 Å². The number of aromatic amines is 1. The summed E-state index contributed by atoms with van der Waals surface area (Å²) < 4.78 is 1.66. The van der Waals surface area contributed by atoms with Crippen molar-refractivity contribution in [3.8, 4) is 11.1 Å². The Hall–Kier alpha value is -4.01. The zero-order valence-corrected chi connectivity index (χ0v) is 15.9. The number of benzene rings is 1. The highest BCUT2D eigenvalue weighted by Crippen LogP contribution is 2.28. The van der Waals surface area contributed by atoms with Gasteiger partial charge in [0.15, 0.2) is 5.82 Å². The lowest BCUT2D eigenvalue weighted by molar-refractivity contribution is 0.102. The van der Waals surface area contributed by atoms with Crippen molar-refractivity contribution in [1.29, 1.82) is 0 Å². The number of carbonyl (C=O) groups is 2. The van der Waals surface area contributed by atoms with Crippen molar-refractivity contribution >= 4 is 28.8 Å². The topological polar surface area (TPSA) is 118 Å². The summed E-state index contributed by atoms with van der Waals surface area (Å²) in [4.78, 5) is 40.9. The first-order valence-electron chi connectivity index (χ1n) is 9.08. The first-order valence-corrected chi connectivity index (χ1v) is 9.08. The van der Waals surface area contributed by atoms with Gasteiger partial charge in [-0.25, -0.2) is 14.8 Å². The molecule has 9 heteroatoms. The standard InChI is InChI=1S/C20H19N7O2/c1-3-22-20(29)26-19-24-15-10-13(12-5-4-6-21-11-12)9-14(16(15)25-19)17(28)18-23-7-8-27(18)2/h4-11H,3H2,1-2H3,(H3,22,24,25,26,29). The van der Waals surface area contributed by atoms with E-state index in [1.807, 2.05) is 25.1 Å². The van der Waals surface area contributed by atoms with Crippen LogP contribution in [0, 0.1) is 0 Å². The predicted octanol–water partition coefficient (Wildman–Crippen LogP) is 2.73. The molecule has 4 rings (SSSR count). The van der Waals surface area contributed by atoms with Crippen LogP contribution < -0.4 is 10.6 Å². The normalized spacial score (nSPS) is 10.8. The van der Waals surface area contributed by atoms with E-state index in [0.29, 0.717) is 29.0 Å². The second kappa shape index (κ2) is 7.55. The van der Waals surface area contributed by atoms with E-state index in [2.05, 4.69) is 30.6 Å². The van der Waals surface area contributed by atoms with Crippen LogP contribution in [-0.2, 0) is 7.05 Å². The van der Waals surface area contributed by atoms with E-state index in [9.17, 15) is 9.59 Å². The van der Waals surface area contributed by atoms with Crippen LogP contribution >= 0.6 is 0 Å². The number of anilines is 1. The van der Waals surface area contributed by atoms with Gasteiger partial charge in [0.05, 0.1) is 16.6 Å². The summed E-state index contributed by atoms with van der Waals surface area (Å²) in [5, 5.41) is 5.29. The molecule has 2 amide bonds. The summed E-state index contributed by atoms with van der Waals surface area (Å²) in [6.07, 6.45) is 6.69. The first kappa shape index (κ1) is 18.4. The number of H-pyrrole nitrogens is 1. The molecule has 3 N–H and O–H groups in total. The van der Waals surface area contributed by atoms with Gasteiger partial charge in [-0.1, -0.05) is 6.07 Å². The Labute approximate surface area is 166 Å². The number of imidazole rings is 2. The summed E-state index contributed by atoms with van der Waals surface area (Å²) in [7, 11) is 1.76. The number of hydrogen-bond acceptors (Lipinski definition) is 5. The minimum absolute atomic E-state index is 0.249. The van der Waals surface area contributed by atoms with E-state index >= 15 is 0 Å². The van der Waals surface area contributed by atoms with Crippen LogP contribution in [-0.4, -0.2) is 42.9 Å². The molecule has 0 fully saturated rings. The molecule has 0 bridgehead atoms. The molecule has 0 aliphatic carbocycles. The van der Waals surface area contributed by atoms with Gasteiger partial charge in [0.2, 0.25) is 11.7 Å². The van der Waals surface area contributed by atoms with Gasteiger partial charge in [-0.15, -0.1) is 0 Å². The SMILES string of the molecule is CCNC(=O)Nc1nc2cc(-c3cccnc3)cc(C(=O)c3nccn3C)c2[nH]1. The Kier molecular flexibility index (Phi) is 4.78. The summed E-state index contributed by atoms with van der Waals surface area (Å²) >= 11 is 0. The molecule has 0 spiro atoms. The number of amides is 2. The maximum absolute atomic E-state index is 13.2. The third-order valence-corrected chi connectivity index (χ3v) is 4.43. The Morgan fingerprint density at radius 2 is 2.07 bits per heavy atom. The molecule has 29 heavy (non-hydrogen) atoms. The summed E-state index contributed by atoms with van der Waals surface area (Å²) in [6, 6.07) is 6.98. The van der Waals surface area contributed by atoms with E-state index in [1.165, 1.54) is 0 Å². The number of nitrogens with zero attached hydrogens (tertiary/aromatic N) is 4. The quantitative estimate of drug-likeness (QED) is 0.454. The van der Waals surface area contributed by atoms with Crippen LogP contribution in [0.4, 0.5) is 10.7 Å². The van der Waals surface area contributed by atoms with Crippen molar-refractivity contribution in [3.05, 3.63) is 60.4 Å². The lowest BCUT2D eigenvalue weighted by Gasteiger charge is -2.07. The smallest absolute Gasteiger partial charge is 0.321 e. The maximum atomic E-state index is 13.2. The van der Waals surface area contributed by atoms with Crippen LogP contribution in [0.15, 0.2) is 49.1 Å². The molecule has 0 aliphatic heterocycles. The number of pyridine rings is 1. The zero-order valence-electron chi connectivity index (χ0n) is 15.9. The molecule has 3 aromatic heterocycles. The number of aromatic nitrogens is 5. The Balaban J connectivity index is 1.86. The fourth-order valence-electron chi connectivity index (χ4n) is 3.07. The van der Waals surface area contributed by atoms with Gasteiger partial charge >= 0.3 is 6.03 Å². The van der Waals surface area contributed by atoms with Crippen molar-refractivity contribution in [3.63, 3.8) is 0 Å². The van der Waals surface area contributed by atoms with Gasteiger partial charge in [0, 0.05) is 43.9 Å². The number of carbonyl (C=O) groups excluding carboxylic acids is 2. The monoisotopic (exact) mass is 389 g/mol. The Morgan fingerprint density at radius 1 is 1.21 bits per heavy atom. The molecule has 9 nitrogen and oxygen atoms in total. The van der Waals surface area contributed by atoms with E-state index < -0.39 is 0 Å². The zero-order chi connectivity index (χ0) is 20.4. The molecule has 3 heterocycles. The number of urea groups is 1. The van der Waals surface area contributed by atoms with E-state index in [4.69, 9.17) is 0 Å².